The molecule has 4 fully saturated rings. The Kier molecular flexibility index (Phi) is 14.2. The third kappa shape index (κ3) is 10.5. The molecule has 348 valence electrons. The van der Waals surface area contributed by atoms with E-state index in [-0.39, 0.29) is 35.8 Å². The number of aromatic amines is 1. The van der Waals surface area contributed by atoms with E-state index in [0.29, 0.717) is 96.5 Å². The first-order valence-electron chi connectivity index (χ1n) is 23.3. The predicted octanol–water partition coefficient (Wildman–Crippen LogP) is 5.58. The normalized spacial score (nSPS) is 19.4. The Morgan fingerprint density at radius 2 is 1.09 bits per heavy atom. The number of rotatable bonds is 12. The van der Waals surface area contributed by atoms with E-state index in [9.17, 15) is 24.0 Å². The molecule has 0 radical (unpaired) electrons. The summed E-state index contributed by atoms with van der Waals surface area (Å²) in [5, 5.41) is 9.01. The molecule has 5 aromatic rings. The van der Waals surface area contributed by atoms with Crippen molar-refractivity contribution in [2.45, 2.75) is 56.4 Å². The number of imidazole rings is 1. The fraction of sp³-hybridized carbons (Fsp3) is 0.373. The molecule has 4 aliphatic heterocycles. The van der Waals surface area contributed by atoms with Crippen molar-refractivity contribution in [3.05, 3.63) is 138 Å². The molecule has 67 heavy (non-hydrogen) atoms. The Bertz CT molecular complexity index is 2490. The van der Waals surface area contributed by atoms with E-state index >= 15 is 0 Å². The minimum absolute atomic E-state index is 0.168. The third-order valence-corrected chi connectivity index (χ3v) is 13.1. The lowest BCUT2D eigenvalue weighted by molar-refractivity contribution is -0.140. The van der Waals surface area contributed by atoms with E-state index in [4.69, 9.17) is 14.5 Å². The van der Waals surface area contributed by atoms with Gasteiger partial charge in [0.25, 0.3) is 5.91 Å². The lowest BCUT2D eigenvalue weighted by Crippen LogP contribution is -2.53. The van der Waals surface area contributed by atoms with Gasteiger partial charge in [0, 0.05) is 45.8 Å². The molecule has 4 atom stereocenters. The SMILES string of the molecule is O=C(NCc1ccc(-c2ccc(-c3cnc([C@@H]4CCCN4C(=O)[C@H](NC(=O)N4CCOCC4)c4ccccc4)[nH]3)cc2)cc1)[C@@H]1CCCN1C(=O)[C@H](NC(=O)N1CCOCC1)c1ccccc1. The molecule has 4 aliphatic rings. The third-order valence-electron chi connectivity index (χ3n) is 13.1. The summed E-state index contributed by atoms with van der Waals surface area (Å²) in [6, 6.07) is 31.4. The quantitative estimate of drug-likeness (QED) is 0.125. The van der Waals surface area contributed by atoms with Crippen LogP contribution >= 0.6 is 0 Å². The number of ether oxygens (including phenoxy) is 2. The van der Waals surface area contributed by atoms with E-state index in [1.165, 1.54) is 0 Å². The van der Waals surface area contributed by atoms with Crippen molar-refractivity contribution in [3.63, 3.8) is 0 Å². The number of H-pyrrole nitrogens is 1. The van der Waals surface area contributed by atoms with Gasteiger partial charge in [-0.15, -0.1) is 0 Å². The number of amides is 7. The fourth-order valence-corrected chi connectivity index (χ4v) is 9.40. The molecule has 0 saturated carbocycles. The number of aromatic nitrogens is 2. The molecule has 0 spiro atoms. The van der Waals surface area contributed by atoms with Crippen LogP contribution in [0.4, 0.5) is 9.59 Å². The number of morpholine rings is 2. The average molecular weight is 908 g/mol. The van der Waals surface area contributed by atoms with Crippen LogP contribution in [0.2, 0.25) is 0 Å². The van der Waals surface area contributed by atoms with Gasteiger partial charge in [0.2, 0.25) is 11.8 Å². The standard InChI is InChI=1S/C51H57N9O7/c61-47(43-14-8-24-60(43)49(63)45(40-11-5-2-6-12-40)56-51(65)58-27-31-67-32-28-58)53-33-35-15-17-36(18-16-35)37-19-21-38(22-20-37)41-34-52-46(54-41)42-13-7-23-59(42)48(62)44(39-9-3-1-4-10-39)55-50(64)57-25-29-66-30-26-57/h1-6,9-12,15-22,34,42-45H,7-8,13-14,23-33H2,(H,52,54)(H,53,61)(H,55,64)(H,56,65)/t42-,43-,44+,45+/m0/s1. The van der Waals surface area contributed by atoms with Crippen LogP contribution in [-0.4, -0.2) is 131 Å². The van der Waals surface area contributed by atoms with Gasteiger partial charge in [0.15, 0.2) is 0 Å². The van der Waals surface area contributed by atoms with Crippen LogP contribution in [0.3, 0.4) is 0 Å². The van der Waals surface area contributed by atoms with E-state index in [1.807, 2.05) is 102 Å². The Morgan fingerprint density at radius 3 is 1.66 bits per heavy atom. The molecule has 16 heteroatoms. The van der Waals surface area contributed by atoms with Gasteiger partial charge in [-0.05, 0) is 59.1 Å². The predicted molar refractivity (Wildman–Crippen MR) is 250 cm³/mol. The number of hydrogen-bond donors (Lipinski definition) is 4. The van der Waals surface area contributed by atoms with Gasteiger partial charge in [-0.1, -0.05) is 109 Å². The van der Waals surface area contributed by atoms with E-state index in [2.05, 4.69) is 33.1 Å². The van der Waals surface area contributed by atoms with Crippen molar-refractivity contribution in [1.29, 1.82) is 0 Å². The smallest absolute Gasteiger partial charge is 0.318 e. The van der Waals surface area contributed by atoms with Gasteiger partial charge in [0.05, 0.1) is 44.4 Å². The summed E-state index contributed by atoms with van der Waals surface area (Å²) in [4.78, 5) is 83.5. The Morgan fingerprint density at radius 1 is 0.597 bits per heavy atom. The molecular formula is C51H57N9O7. The van der Waals surface area contributed by atoms with Crippen molar-refractivity contribution in [2.75, 3.05) is 65.7 Å². The van der Waals surface area contributed by atoms with Crippen molar-refractivity contribution in [1.82, 2.24) is 45.5 Å². The number of benzene rings is 4. The summed E-state index contributed by atoms with van der Waals surface area (Å²) >= 11 is 0. The summed E-state index contributed by atoms with van der Waals surface area (Å²) < 4.78 is 10.8. The first-order chi connectivity index (χ1) is 32.8. The molecule has 7 amide bonds. The number of nitrogens with zero attached hydrogens (tertiary/aromatic N) is 5. The van der Waals surface area contributed by atoms with Crippen molar-refractivity contribution in [2.24, 2.45) is 0 Å². The Balaban J connectivity index is 0.804. The lowest BCUT2D eigenvalue weighted by atomic mass is 10.0. The summed E-state index contributed by atoms with van der Waals surface area (Å²) in [6.45, 7) is 4.96. The number of carbonyl (C=O) groups excluding carboxylic acids is 5. The van der Waals surface area contributed by atoms with Crippen LogP contribution in [-0.2, 0) is 30.4 Å². The Hall–Kier alpha value is -7.04. The molecule has 0 aliphatic carbocycles. The van der Waals surface area contributed by atoms with Gasteiger partial charge in [0.1, 0.15) is 23.9 Å². The highest BCUT2D eigenvalue weighted by Gasteiger charge is 2.40. The van der Waals surface area contributed by atoms with Gasteiger partial charge >= 0.3 is 12.1 Å². The number of likely N-dealkylation sites (tertiary alicyclic amines) is 2. The van der Waals surface area contributed by atoms with Gasteiger partial charge in [-0.3, -0.25) is 14.4 Å². The maximum atomic E-state index is 14.3. The number of carbonyl (C=O) groups is 5. The summed E-state index contributed by atoms with van der Waals surface area (Å²) in [7, 11) is 0. The molecular weight excluding hydrogens is 851 g/mol. The second-order valence-electron chi connectivity index (χ2n) is 17.3. The van der Waals surface area contributed by atoms with Crippen LogP contribution in [0.5, 0.6) is 0 Å². The molecule has 5 heterocycles. The van der Waals surface area contributed by atoms with Gasteiger partial charge in [-0.25, -0.2) is 14.6 Å². The molecule has 9 rings (SSSR count). The first-order valence-corrected chi connectivity index (χ1v) is 23.3. The number of nitrogens with one attached hydrogen (secondary N) is 4. The van der Waals surface area contributed by atoms with Crippen LogP contribution in [0.15, 0.2) is 115 Å². The molecule has 0 unspecified atom stereocenters. The Labute approximate surface area is 390 Å². The molecule has 4 aromatic carbocycles. The highest BCUT2D eigenvalue weighted by atomic mass is 16.5. The molecule has 1 aromatic heterocycles. The zero-order valence-electron chi connectivity index (χ0n) is 37.5. The molecule has 0 bridgehead atoms. The summed E-state index contributed by atoms with van der Waals surface area (Å²) in [5.41, 5.74) is 6.13. The zero-order chi connectivity index (χ0) is 46.1. The first kappa shape index (κ1) is 45.1. The van der Waals surface area contributed by atoms with Crippen molar-refractivity contribution < 1.29 is 33.4 Å². The molecule has 4 saturated heterocycles. The molecule has 4 N–H and O–H groups in total. The monoisotopic (exact) mass is 907 g/mol. The van der Waals surface area contributed by atoms with E-state index < -0.39 is 18.1 Å². The minimum atomic E-state index is -0.925. The molecule has 16 nitrogen and oxygen atoms in total. The van der Waals surface area contributed by atoms with Crippen LogP contribution in [0, 0.1) is 0 Å². The topological polar surface area (TPSA) is 182 Å². The summed E-state index contributed by atoms with van der Waals surface area (Å²) in [5.74, 6) is 0.00584. The van der Waals surface area contributed by atoms with Crippen LogP contribution < -0.4 is 16.0 Å². The average Bonchev–Trinajstić information content (AvgIpc) is 4.20. The zero-order valence-corrected chi connectivity index (χ0v) is 37.5. The van der Waals surface area contributed by atoms with Crippen LogP contribution in [0.25, 0.3) is 22.4 Å². The second-order valence-corrected chi connectivity index (χ2v) is 17.3. The highest BCUT2D eigenvalue weighted by molar-refractivity contribution is 5.93. The lowest BCUT2D eigenvalue weighted by Gasteiger charge is -2.32. The number of urea groups is 2. The van der Waals surface area contributed by atoms with E-state index in [0.717, 1.165) is 46.4 Å². The minimum Gasteiger partial charge on any atom is -0.378 e. The van der Waals surface area contributed by atoms with Gasteiger partial charge in [-0.2, -0.15) is 0 Å². The largest absolute Gasteiger partial charge is 0.378 e. The number of hydrogen-bond acceptors (Lipinski definition) is 8. The van der Waals surface area contributed by atoms with Crippen molar-refractivity contribution in [3.8, 4) is 22.4 Å². The second kappa shape index (κ2) is 21.1. The maximum Gasteiger partial charge on any atom is 0.318 e. The van der Waals surface area contributed by atoms with E-state index in [1.54, 1.807) is 20.9 Å². The summed E-state index contributed by atoms with van der Waals surface area (Å²) in [6.07, 6.45) is 4.60. The maximum absolute atomic E-state index is 14.3. The van der Waals surface area contributed by atoms with Crippen LogP contribution in [0.1, 0.15) is 66.3 Å². The highest BCUT2D eigenvalue weighted by Crippen LogP contribution is 2.35. The van der Waals surface area contributed by atoms with Gasteiger partial charge < -0.3 is 50.0 Å². The fourth-order valence-electron chi connectivity index (χ4n) is 9.40. The van der Waals surface area contributed by atoms with Crippen molar-refractivity contribution >= 4 is 29.8 Å².